The van der Waals surface area contributed by atoms with Crippen molar-refractivity contribution in [2.75, 3.05) is 6.61 Å². The van der Waals surface area contributed by atoms with Crippen LogP contribution in [0, 0.1) is 67.5 Å². The number of hydrogen-bond acceptors (Lipinski definition) is 4. The molecule has 36 heavy (non-hydrogen) atoms. The number of aliphatic hydroxyl groups excluding tert-OH is 1. The Labute approximate surface area is 218 Å². The summed E-state index contributed by atoms with van der Waals surface area (Å²) >= 11 is 0. The van der Waals surface area contributed by atoms with Crippen LogP contribution in [-0.4, -0.2) is 23.3 Å². The number of aliphatic hydroxyl groups is 1. The van der Waals surface area contributed by atoms with Gasteiger partial charge in [-0.1, -0.05) is 54.5 Å². The first kappa shape index (κ1) is 26.1. The maximum Gasteiger partial charge on any atom is 0.178 e. The Morgan fingerprint density at radius 3 is 2.25 bits per heavy atom. The van der Waals surface area contributed by atoms with Crippen LogP contribution in [0.5, 0.6) is 0 Å². The zero-order valence-electron chi connectivity index (χ0n) is 23.7. The maximum absolute atomic E-state index is 14.4. The molecule has 0 aromatic heterocycles. The molecule has 0 heterocycles. The highest BCUT2D eigenvalue weighted by molar-refractivity contribution is 6.04. The molecule has 8 atom stereocenters. The Morgan fingerprint density at radius 2 is 1.61 bits per heavy atom. The second-order valence-corrected chi connectivity index (χ2v) is 15.5. The molecule has 0 spiro atoms. The second kappa shape index (κ2) is 7.78. The molecule has 5 aliphatic carbocycles. The molecule has 0 bridgehead atoms. The smallest absolute Gasteiger partial charge is 0.178 e. The first-order valence-corrected chi connectivity index (χ1v) is 14.4. The summed E-state index contributed by atoms with van der Waals surface area (Å²) in [6, 6.07) is 2.22. The van der Waals surface area contributed by atoms with Crippen LogP contribution in [0.25, 0.3) is 0 Å². The van der Waals surface area contributed by atoms with Crippen molar-refractivity contribution >= 4 is 11.6 Å². The number of carbonyl (C=O) groups is 2. The van der Waals surface area contributed by atoms with Gasteiger partial charge >= 0.3 is 0 Å². The lowest BCUT2D eigenvalue weighted by Crippen LogP contribution is -2.68. The average Bonchev–Trinajstić information content (AvgIpc) is 2.79. The molecule has 0 saturated heterocycles. The number of rotatable bonds is 2. The summed E-state index contributed by atoms with van der Waals surface area (Å²) in [6.07, 6.45) is 10.9. The number of hydrogen-bond donors (Lipinski definition) is 1. The molecule has 2 unspecified atom stereocenters. The first-order chi connectivity index (χ1) is 16.6. The van der Waals surface area contributed by atoms with Crippen molar-refractivity contribution in [3.05, 3.63) is 11.6 Å². The number of fused-ring (bicyclic) bond motifs is 7. The van der Waals surface area contributed by atoms with Crippen LogP contribution >= 0.6 is 0 Å². The Balaban J connectivity index is 1.63. The lowest BCUT2D eigenvalue weighted by Gasteiger charge is -2.72. The molecule has 4 nitrogen and oxygen atoms in total. The molecular formula is C32H47NO3. The molecule has 0 amide bonds. The van der Waals surface area contributed by atoms with E-state index < -0.39 is 5.41 Å². The Bertz CT molecular complexity index is 1060. The van der Waals surface area contributed by atoms with Gasteiger partial charge in [0.2, 0.25) is 0 Å². The Morgan fingerprint density at radius 1 is 0.944 bits per heavy atom. The van der Waals surface area contributed by atoms with E-state index in [2.05, 4.69) is 40.7 Å². The summed E-state index contributed by atoms with van der Waals surface area (Å²) in [6.45, 7) is 16.1. The van der Waals surface area contributed by atoms with Gasteiger partial charge in [-0.2, -0.15) is 5.26 Å². The molecule has 0 radical (unpaired) electrons. The topological polar surface area (TPSA) is 78.2 Å². The SMILES string of the molecule is CC1(C)CC[C@]2(CCO)CC[C@]3(C)C(C(=O)C[C@@H]4[C@@]5(C)C=C(C#N)C(=O)C(C)(C)C5CC[C@]43C)[C@H]2C1. The summed E-state index contributed by atoms with van der Waals surface area (Å²) in [4.78, 5) is 27.6. The van der Waals surface area contributed by atoms with Crippen molar-refractivity contribution in [1.29, 1.82) is 5.26 Å². The summed E-state index contributed by atoms with van der Waals surface area (Å²) in [5, 5.41) is 20.0. The zero-order valence-corrected chi connectivity index (χ0v) is 23.7. The normalized spacial score (nSPS) is 49.0. The zero-order chi connectivity index (χ0) is 26.5. The van der Waals surface area contributed by atoms with E-state index in [0.717, 1.165) is 44.9 Å². The van der Waals surface area contributed by atoms with E-state index >= 15 is 0 Å². The van der Waals surface area contributed by atoms with E-state index in [1.807, 2.05) is 19.9 Å². The van der Waals surface area contributed by atoms with Gasteiger partial charge in [0.25, 0.3) is 0 Å². The lowest BCUT2D eigenvalue weighted by molar-refractivity contribution is -0.224. The third kappa shape index (κ3) is 3.14. The molecular weight excluding hydrogens is 446 g/mol. The van der Waals surface area contributed by atoms with Crippen molar-refractivity contribution in [3.63, 3.8) is 0 Å². The third-order valence-electron chi connectivity index (χ3n) is 13.3. The van der Waals surface area contributed by atoms with Crippen LogP contribution in [0.15, 0.2) is 11.6 Å². The number of nitrogens with zero attached hydrogens (tertiary/aromatic N) is 1. The summed E-state index contributed by atoms with van der Waals surface area (Å²) in [5.74, 6) is 1.03. The van der Waals surface area contributed by atoms with Crippen LogP contribution in [-0.2, 0) is 9.59 Å². The number of allylic oxidation sites excluding steroid dienone is 2. The number of Topliss-reactive ketones (excluding diaryl/α,β-unsaturated/α-hetero) is 2. The number of ketones is 2. The van der Waals surface area contributed by atoms with Crippen molar-refractivity contribution in [3.8, 4) is 6.07 Å². The first-order valence-electron chi connectivity index (χ1n) is 14.4. The molecule has 0 aliphatic heterocycles. The van der Waals surface area contributed by atoms with Crippen molar-refractivity contribution in [2.24, 2.45) is 56.2 Å². The molecule has 0 aromatic carbocycles. The van der Waals surface area contributed by atoms with Gasteiger partial charge < -0.3 is 5.11 Å². The van der Waals surface area contributed by atoms with Gasteiger partial charge in [0.1, 0.15) is 11.9 Å². The van der Waals surface area contributed by atoms with Crippen LogP contribution in [0.4, 0.5) is 0 Å². The van der Waals surface area contributed by atoms with Crippen LogP contribution in [0.1, 0.15) is 106 Å². The Kier molecular flexibility index (Phi) is 5.65. The maximum atomic E-state index is 14.4. The van der Waals surface area contributed by atoms with Crippen molar-refractivity contribution in [1.82, 2.24) is 0 Å². The minimum absolute atomic E-state index is 0.0295. The quantitative estimate of drug-likeness (QED) is 0.466. The Hall–Kier alpha value is -1.47. The summed E-state index contributed by atoms with van der Waals surface area (Å²) < 4.78 is 0. The molecule has 5 aliphatic rings. The lowest BCUT2D eigenvalue weighted by atomic mass is 9.31. The van der Waals surface area contributed by atoms with Gasteiger partial charge in [-0.15, -0.1) is 0 Å². The number of carbonyl (C=O) groups excluding carboxylic acids is 2. The highest BCUT2D eigenvalue weighted by atomic mass is 16.3. The average molecular weight is 494 g/mol. The van der Waals surface area contributed by atoms with Crippen LogP contribution < -0.4 is 0 Å². The van der Waals surface area contributed by atoms with Gasteiger partial charge in [-0.25, -0.2) is 0 Å². The molecule has 4 saturated carbocycles. The summed E-state index contributed by atoms with van der Waals surface area (Å²) in [5.41, 5.74) is -0.468. The largest absolute Gasteiger partial charge is 0.396 e. The van der Waals surface area contributed by atoms with E-state index in [0.29, 0.717) is 23.7 Å². The fraction of sp³-hybridized carbons (Fsp3) is 0.844. The van der Waals surface area contributed by atoms with E-state index in [1.54, 1.807) is 0 Å². The third-order valence-corrected chi connectivity index (χ3v) is 13.3. The van der Waals surface area contributed by atoms with Gasteiger partial charge in [-0.3, -0.25) is 9.59 Å². The standard InChI is InChI=1S/C32H47NO3/c1-27(2)10-12-32(14-15-34)13-11-31(7)25(21(32)18-27)22(35)16-24-29(5)17-20(19-33)26(36)28(3,4)23(29)8-9-30(24,31)6/h17,21,23-25,34H,8-16,18H2,1-7H3/t21-,23?,24-,25?,29+,30-,31-,32-/m1/s1. The predicted molar refractivity (Wildman–Crippen MR) is 141 cm³/mol. The fourth-order valence-corrected chi connectivity index (χ4v) is 11.1. The van der Waals surface area contributed by atoms with Crippen molar-refractivity contribution in [2.45, 2.75) is 106 Å². The highest BCUT2D eigenvalue weighted by Gasteiger charge is 2.71. The van der Waals surface area contributed by atoms with E-state index in [1.165, 1.54) is 6.42 Å². The van der Waals surface area contributed by atoms with Gasteiger partial charge in [-0.05, 0) is 96.2 Å². The highest BCUT2D eigenvalue weighted by Crippen LogP contribution is 2.76. The van der Waals surface area contributed by atoms with Crippen LogP contribution in [0.2, 0.25) is 0 Å². The molecule has 198 valence electrons. The van der Waals surface area contributed by atoms with Gasteiger partial charge in [0, 0.05) is 24.4 Å². The summed E-state index contributed by atoms with van der Waals surface area (Å²) in [7, 11) is 0. The molecule has 5 rings (SSSR count). The fourth-order valence-electron chi connectivity index (χ4n) is 11.1. The van der Waals surface area contributed by atoms with E-state index in [9.17, 15) is 20.0 Å². The molecule has 4 fully saturated rings. The predicted octanol–water partition coefficient (Wildman–Crippen LogP) is 6.67. The van der Waals surface area contributed by atoms with Gasteiger partial charge in [0.15, 0.2) is 5.78 Å². The molecule has 1 N–H and O–H groups in total. The molecule has 0 aromatic rings. The second-order valence-electron chi connectivity index (χ2n) is 15.5. The van der Waals surface area contributed by atoms with Gasteiger partial charge in [0.05, 0.1) is 5.57 Å². The monoisotopic (exact) mass is 493 g/mol. The van der Waals surface area contributed by atoms with E-state index in [-0.39, 0.29) is 57.2 Å². The minimum atomic E-state index is -0.590. The van der Waals surface area contributed by atoms with Crippen LogP contribution in [0.3, 0.4) is 0 Å². The number of nitriles is 1. The molecule has 4 heteroatoms. The van der Waals surface area contributed by atoms with E-state index in [4.69, 9.17) is 0 Å². The van der Waals surface area contributed by atoms with Crippen molar-refractivity contribution < 1.29 is 14.7 Å². The minimum Gasteiger partial charge on any atom is -0.396 e.